The zero-order chi connectivity index (χ0) is 46.6. The lowest BCUT2D eigenvalue weighted by molar-refractivity contribution is -0.170. The Balaban J connectivity index is 1.11. The molecule has 2 aliphatic heterocycles. The van der Waals surface area contributed by atoms with Gasteiger partial charge in [0.2, 0.25) is 5.79 Å². The lowest BCUT2D eigenvalue weighted by Gasteiger charge is -2.37. The summed E-state index contributed by atoms with van der Waals surface area (Å²) in [5.74, 6) is -1.77. The highest BCUT2D eigenvalue weighted by Crippen LogP contribution is 2.48. The van der Waals surface area contributed by atoms with E-state index in [4.69, 9.17) is 23.7 Å². The third kappa shape index (κ3) is 9.43. The van der Waals surface area contributed by atoms with Crippen LogP contribution in [0.3, 0.4) is 0 Å². The zero-order valence-electron chi connectivity index (χ0n) is 36.8. The number of ether oxygens (including phenoxy) is 5. The topological polar surface area (TPSA) is 205 Å². The number of aromatic amines is 2. The van der Waals surface area contributed by atoms with Gasteiger partial charge in [-0.25, -0.2) is 14.4 Å². The number of aryl methyl sites for hydroxylation is 2. The van der Waals surface area contributed by atoms with Crippen LogP contribution in [0.1, 0.15) is 69.0 Å². The number of aliphatic hydroxyl groups is 1. The standard InChI is InChI=1S/C49H51N5O11S/c1-30-27-53(46(58)51-42(30)55)40-25-33(23-24-50-45-48(60,65-44(57)32-11-7-5-8-12-32)26-41(66-45)54-28-31(2)43(56)52-47(54)59)39(64-40)29-63-49(34-13-9-6-10-14-34,35-15-19-37(61-3)20-16-35)36-17-21-38(62-4)22-18-36/h5-22,27-28,33,39-41,45,50,60H,23-26,29H2,1-4H3,(H,51,55,58)(H,52,56,59)/t33-,39+,40+,41?,45?,48?/m0/s1. The highest BCUT2D eigenvalue weighted by Gasteiger charge is 2.52. The lowest BCUT2D eigenvalue weighted by atomic mass is 9.80. The van der Waals surface area contributed by atoms with Crippen LogP contribution in [-0.2, 0) is 19.8 Å². The first-order valence-electron chi connectivity index (χ1n) is 21.5. The minimum Gasteiger partial charge on any atom is -0.497 e. The summed E-state index contributed by atoms with van der Waals surface area (Å²) in [6.07, 6.45) is 2.13. The molecule has 4 heterocycles. The van der Waals surface area contributed by atoms with Crippen molar-refractivity contribution >= 4 is 17.7 Å². The number of hydrogen-bond acceptors (Lipinski definition) is 13. The Hall–Kier alpha value is -6.50. The number of aromatic nitrogens is 4. The van der Waals surface area contributed by atoms with Crippen LogP contribution in [0.4, 0.5) is 0 Å². The van der Waals surface area contributed by atoms with E-state index >= 15 is 0 Å². The van der Waals surface area contributed by atoms with E-state index in [1.807, 2.05) is 78.9 Å². The van der Waals surface area contributed by atoms with Gasteiger partial charge in [0.1, 0.15) is 28.7 Å². The number of carbonyl (C=O) groups excluding carboxylic acids is 1. The van der Waals surface area contributed by atoms with Gasteiger partial charge in [-0.05, 0) is 92.2 Å². The van der Waals surface area contributed by atoms with Gasteiger partial charge in [-0.15, -0.1) is 11.8 Å². The second-order valence-corrected chi connectivity index (χ2v) is 17.7. The average molecular weight is 918 g/mol. The average Bonchev–Trinajstić information content (AvgIpc) is 3.89. The van der Waals surface area contributed by atoms with Crippen molar-refractivity contribution in [1.82, 2.24) is 24.4 Å². The molecule has 0 bridgehead atoms. The van der Waals surface area contributed by atoms with Crippen LogP contribution in [0, 0.1) is 19.8 Å². The molecule has 16 nitrogen and oxygen atoms in total. The third-order valence-electron chi connectivity index (χ3n) is 12.2. The van der Waals surface area contributed by atoms with Crippen molar-refractivity contribution in [2.24, 2.45) is 5.92 Å². The van der Waals surface area contributed by atoms with Crippen molar-refractivity contribution < 1.29 is 33.6 Å². The number of carbonyl (C=O) groups is 1. The van der Waals surface area contributed by atoms with Crippen molar-refractivity contribution in [1.29, 1.82) is 0 Å². The van der Waals surface area contributed by atoms with Crippen molar-refractivity contribution in [2.45, 2.75) is 67.6 Å². The fourth-order valence-corrected chi connectivity index (χ4v) is 10.2. The molecule has 6 atom stereocenters. The van der Waals surface area contributed by atoms with Crippen molar-refractivity contribution in [2.75, 3.05) is 27.4 Å². The maximum absolute atomic E-state index is 13.4. The molecular formula is C49H51N5O11S. The van der Waals surface area contributed by atoms with Crippen LogP contribution in [0.25, 0.3) is 0 Å². The number of esters is 1. The van der Waals surface area contributed by atoms with Gasteiger partial charge >= 0.3 is 17.3 Å². The molecule has 4 aromatic carbocycles. The van der Waals surface area contributed by atoms with Crippen LogP contribution in [0.5, 0.6) is 11.5 Å². The fraction of sp³-hybridized carbons (Fsp3) is 0.327. The van der Waals surface area contributed by atoms with Crippen LogP contribution in [-0.4, -0.2) is 74.8 Å². The molecule has 8 rings (SSSR count). The predicted octanol–water partition coefficient (Wildman–Crippen LogP) is 5.12. The Morgan fingerprint density at radius 3 is 1.89 bits per heavy atom. The molecule has 17 heteroatoms. The minimum absolute atomic E-state index is 0.0402. The van der Waals surface area contributed by atoms with E-state index in [0.29, 0.717) is 35.5 Å². The normalized spacial score (nSPS) is 21.7. The number of rotatable bonds is 16. The quantitative estimate of drug-likeness (QED) is 0.0566. The SMILES string of the molecule is COc1ccc(C(OC[C@H]2O[C@@H](n3cc(C)c(=O)[nH]c3=O)C[C@@H]2CCNC2SC(n3cc(C)c(=O)[nH]c3=O)CC2(O)OC(=O)c2ccccc2)(c2ccccc2)c2ccc(OC)cc2)cc1. The van der Waals surface area contributed by atoms with Gasteiger partial charge < -0.3 is 28.8 Å². The third-order valence-corrected chi connectivity index (χ3v) is 13.7. The van der Waals surface area contributed by atoms with Gasteiger partial charge in [-0.3, -0.25) is 34.0 Å². The van der Waals surface area contributed by atoms with Crippen molar-refractivity contribution in [3.63, 3.8) is 0 Å². The molecule has 2 aromatic heterocycles. The highest BCUT2D eigenvalue weighted by molar-refractivity contribution is 8.00. The summed E-state index contributed by atoms with van der Waals surface area (Å²) >= 11 is 1.18. The van der Waals surface area contributed by atoms with E-state index in [9.17, 15) is 29.1 Å². The Labute approximate surface area is 383 Å². The number of hydrogen-bond donors (Lipinski definition) is 4. The molecule has 0 aliphatic carbocycles. The van der Waals surface area contributed by atoms with Crippen LogP contribution < -0.4 is 37.3 Å². The van der Waals surface area contributed by atoms with Gasteiger partial charge in [-0.2, -0.15) is 0 Å². The van der Waals surface area contributed by atoms with Crippen LogP contribution in [0.15, 0.2) is 141 Å². The Bertz CT molecular complexity index is 2840. The summed E-state index contributed by atoms with van der Waals surface area (Å²) in [5.41, 5.74) is -0.135. The maximum Gasteiger partial charge on any atom is 0.340 e. The molecule has 0 amide bonds. The summed E-state index contributed by atoms with van der Waals surface area (Å²) in [4.78, 5) is 69.1. The second kappa shape index (κ2) is 19.5. The summed E-state index contributed by atoms with van der Waals surface area (Å²) in [6.45, 7) is 3.49. The molecular weight excluding hydrogens is 867 g/mol. The number of benzene rings is 4. The molecule has 2 aliphatic rings. The summed E-state index contributed by atoms with van der Waals surface area (Å²) in [5, 5.41) is 13.9. The molecule has 344 valence electrons. The second-order valence-electron chi connectivity index (χ2n) is 16.4. The van der Waals surface area contributed by atoms with E-state index in [-0.39, 0.29) is 31.1 Å². The molecule has 0 radical (unpaired) electrons. The van der Waals surface area contributed by atoms with Gasteiger partial charge in [0.25, 0.3) is 11.1 Å². The summed E-state index contributed by atoms with van der Waals surface area (Å²) in [7, 11) is 3.21. The van der Waals surface area contributed by atoms with E-state index in [1.54, 1.807) is 58.4 Å². The molecule has 6 aromatic rings. The van der Waals surface area contributed by atoms with Gasteiger partial charge in [0.05, 0.1) is 37.9 Å². The van der Waals surface area contributed by atoms with Crippen LogP contribution >= 0.6 is 11.8 Å². The maximum atomic E-state index is 13.4. The Morgan fingerprint density at radius 1 is 0.788 bits per heavy atom. The van der Waals surface area contributed by atoms with Crippen LogP contribution in [0.2, 0.25) is 0 Å². The van der Waals surface area contributed by atoms with E-state index in [1.165, 1.54) is 33.3 Å². The molecule has 4 N–H and O–H groups in total. The van der Waals surface area contributed by atoms with E-state index in [0.717, 1.165) is 16.7 Å². The molecule has 0 spiro atoms. The monoisotopic (exact) mass is 917 g/mol. The number of nitrogens with one attached hydrogen (secondary N) is 3. The molecule has 3 unspecified atom stereocenters. The number of thioether (sulfide) groups is 1. The minimum atomic E-state index is -2.09. The van der Waals surface area contributed by atoms with E-state index < -0.39 is 62.9 Å². The van der Waals surface area contributed by atoms with Gasteiger partial charge in [-0.1, -0.05) is 72.8 Å². The smallest absolute Gasteiger partial charge is 0.340 e. The summed E-state index contributed by atoms with van der Waals surface area (Å²) < 4.78 is 33.6. The van der Waals surface area contributed by atoms with Gasteiger partial charge in [0, 0.05) is 29.9 Å². The largest absolute Gasteiger partial charge is 0.497 e. The van der Waals surface area contributed by atoms with Gasteiger partial charge in [0.15, 0.2) is 0 Å². The van der Waals surface area contributed by atoms with Crippen molar-refractivity contribution in [3.8, 4) is 11.5 Å². The molecule has 2 fully saturated rings. The first-order valence-corrected chi connectivity index (χ1v) is 22.4. The molecule has 2 saturated heterocycles. The molecule has 0 saturated carbocycles. The zero-order valence-corrected chi connectivity index (χ0v) is 37.6. The lowest BCUT2D eigenvalue weighted by Crippen LogP contribution is -2.49. The Morgan fingerprint density at radius 2 is 1.32 bits per heavy atom. The summed E-state index contributed by atoms with van der Waals surface area (Å²) in [6, 6.07) is 33.4. The fourth-order valence-electron chi connectivity index (χ4n) is 8.65. The predicted molar refractivity (Wildman–Crippen MR) is 247 cm³/mol. The first kappa shape index (κ1) is 46.0. The Kier molecular flexibility index (Phi) is 13.6. The number of H-pyrrole nitrogens is 2. The number of methoxy groups -OCH3 is 2. The first-order chi connectivity index (χ1) is 31.8. The number of nitrogens with zero attached hydrogens (tertiary/aromatic N) is 2. The molecule has 66 heavy (non-hydrogen) atoms. The van der Waals surface area contributed by atoms with Crippen molar-refractivity contribution in [3.05, 3.63) is 197 Å². The van der Waals surface area contributed by atoms with E-state index in [2.05, 4.69) is 15.3 Å². The highest BCUT2D eigenvalue weighted by atomic mass is 32.2.